The number of rotatable bonds is 3. The molecular formula is C14H14N2O3. The van der Waals surface area contributed by atoms with Gasteiger partial charge in [-0.3, -0.25) is 14.4 Å². The van der Waals surface area contributed by atoms with Crippen molar-refractivity contribution in [2.24, 2.45) is 5.92 Å². The van der Waals surface area contributed by atoms with Crippen LogP contribution in [0.15, 0.2) is 18.2 Å². The average Bonchev–Trinajstić information content (AvgIpc) is 2.93. The minimum Gasteiger partial charge on any atom is -0.356 e. The number of anilines is 1. The summed E-state index contributed by atoms with van der Waals surface area (Å²) in [6, 6.07) is 5.40. The minimum atomic E-state index is -0.567. The molecule has 0 spiro atoms. The van der Waals surface area contributed by atoms with E-state index >= 15 is 0 Å². The summed E-state index contributed by atoms with van der Waals surface area (Å²) >= 11 is 0. The molecule has 1 atom stereocenters. The van der Waals surface area contributed by atoms with E-state index in [4.69, 9.17) is 0 Å². The number of Topliss-reactive ketones (excluding diaryl/α,β-unsaturated/α-hetero) is 1. The standard InChI is InChI=1S/C14H14N2O3/c17-12-10-7-8(2-4-11(10)16-14(12)19)1-3-9-5-6-15-13(9)18/h2,4,7,9H,1,3,5-6H2,(H,15,18)(H,16,17,19). The molecule has 0 saturated carbocycles. The van der Waals surface area contributed by atoms with E-state index < -0.39 is 11.7 Å². The van der Waals surface area contributed by atoms with Crippen LogP contribution in [0, 0.1) is 5.92 Å². The molecule has 1 unspecified atom stereocenters. The van der Waals surface area contributed by atoms with Crippen molar-refractivity contribution in [1.82, 2.24) is 5.32 Å². The number of fused-ring (bicyclic) bond motifs is 1. The predicted octanol–water partition coefficient (Wildman–Crippen LogP) is 0.890. The van der Waals surface area contributed by atoms with Crippen LogP contribution in [-0.4, -0.2) is 24.1 Å². The summed E-state index contributed by atoms with van der Waals surface area (Å²) in [5.74, 6) is -0.851. The highest BCUT2D eigenvalue weighted by Crippen LogP contribution is 2.25. The Morgan fingerprint density at radius 2 is 2.05 bits per heavy atom. The lowest BCUT2D eigenvalue weighted by Gasteiger charge is -2.07. The highest BCUT2D eigenvalue weighted by Gasteiger charge is 2.28. The fourth-order valence-electron chi connectivity index (χ4n) is 2.61. The first kappa shape index (κ1) is 11.9. The summed E-state index contributed by atoms with van der Waals surface area (Å²) in [6.07, 6.45) is 2.40. The number of hydrogen-bond acceptors (Lipinski definition) is 3. The van der Waals surface area contributed by atoms with Crippen LogP contribution in [-0.2, 0) is 16.0 Å². The maximum absolute atomic E-state index is 11.6. The number of carbonyl (C=O) groups excluding carboxylic acids is 3. The van der Waals surface area contributed by atoms with Gasteiger partial charge in [-0.15, -0.1) is 0 Å². The number of amides is 2. The van der Waals surface area contributed by atoms with E-state index in [2.05, 4.69) is 10.6 Å². The Morgan fingerprint density at radius 3 is 2.79 bits per heavy atom. The molecule has 0 aliphatic carbocycles. The summed E-state index contributed by atoms with van der Waals surface area (Å²) in [5, 5.41) is 5.34. The fourth-order valence-corrected chi connectivity index (χ4v) is 2.61. The maximum atomic E-state index is 11.6. The van der Waals surface area contributed by atoms with Crippen molar-refractivity contribution in [3.63, 3.8) is 0 Å². The summed E-state index contributed by atoms with van der Waals surface area (Å²) in [5.41, 5.74) is 2.01. The fraction of sp³-hybridized carbons (Fsp3) is 0.357. The van der Waals surface area contributed by atoms with Gasteiger partial charge in [0.25, 0.3) is 11.7 Å². The Balaban J connectivity index is 1.71. The van der Waals surface area contributed by atoms with Crippen molar-refractivity contribution in [2.45, 2.75) is 19.3 Å². The van der Waals surface area contributed by atoms with E-state index in [-0.39, 0.29) is 11.8 Å². The zero-order chi connectivity index (χ0) is 13.4. The number of benzene rings is 1. The smallest absolute Gasteiger partial charge is 0.296 e. The van der Waals surface area contributed by atoms with Crippen molar-refractivity contribution in [2.75, 3.05) is 11.9 Å². The second-order valence-electron chi connectivity index (χ2n) is 4.98. The van der Waals surface area contributed by atoms with E-state index in [1.165, 1.54) is 0 Å². The molecule has 3 rings (SSSR count). The van der Waals surface area contributed by atoms with E-state index in [0.29, 0.717) is 11.3 Å². The molecule has 98 valence electrons. The summed E-state index contributed by atoms with van der Waals surface area (Å²) < 4.78 is 0. The maximum Gasteiger partial charge on any atom is 0.296 e. The van der Waals surface area contributed by atoms with E-state index in [0.717, 1.165) is 31.4 Å². The van der Waals surface area contributed by atoms with Crippen LogP contribution in [0.5, 0.6) is 0 Å². The van der Waals surface area contributed by atoms with Crippen molar-refractivity contribution in [1.29, 1.82) is 0 Å². The lowest BCUT2D eigenvalue weighted by Crippen LogP contribution is -2.19. The predicted molar refractivity (Wildman–Crippen MR) is 68.8 cm³/mol. The van der Waals surface area contributed by atoms with Crippen molar-refractivity contribution < 1.29 is 14.4 Å². The molecule has 0 bridgehead atoms. The first-order valence-electron chi connectivity index (χ1n) is 6.41. The number of carbonyl (C=O) groups is 3. The average molecular weight is 258 g/mol. The minimum absolute atomic E-state index is 0.0729. The summed E-state index contributed by atoms with van der Waals surface area (Å²) in [4.78, 5) is 34.3. The Hall–Kier alpha value is -2.17. The van der Waals surface area contributed by atoms with Crippen molar-refractivity contribution in [3.8, 4) is 0 Å². The highest BCUT2D eigenvalue weighted by atomic mass is 16.2. The van der Waals surface area contributed by atoms with Gasteiger partial charge in [0, 0.05) is 12.5 Å². The second-order valence-corrected chi connectivity index (χ2v) is 4.98. The molecule has 1 saturated heterocycles. The van der Waals surface area contributed by atoms with Crippen LogP contribution in [0.2, 0.25) is 0 Å². The zero-order valence-electron chi connectivity index (χ0n) is 10.4. The van der Waals surface area contributed by atoms with Gasteiger partial charge in [0.05, 0.1) is 11.3 Å². The molecule has 1 aromatic carbocycles. The Labute approximate surface area is 110 Å². The molecule has 0 radical (unpaired) electrons. The Morgan fingerprint density at radius 1 is 1.21 bits per heavy atom. The topological polar surface area (TPSA) is 75.3 Å². The van der Waals surface area contributed by atoms with Crippen LogP contribution in [0.3, 0.4) is 0 Å². The third-order valence-electron chi connectivity index (χ3n) is 3.73. The first-order valence-corrected chi connectivity index (χ1v) is 6.41. The number of ketones is 1. The van der Waals surface area contributed by atoms with Crippen molar-refractivity contribution in [3.05, 3.63) is 29.3 Å². The van der Waals surface area contributed by atoms with Crippen LogP contribution in [0.4, 0.5) is 5.69 Å². The van der Waals surface area contributed by atoms with Crippen LogP contribution < -0.4 is 10.6 Å². The molecule has 5 nitrogen and oxygen atoms in total. The van der Waals surface area contributed by atoms with E-state index in [1.54, 1.807) is 12.1 Å². The third kappa shape index (κ3) is 2.12. The van der Waals surface area contributed by atoms with Crippen LogP contribution >= 0.6 is 0 Å². The molecule has 19 heavy (non-hydrogen) atoms. The zero-order valence-corrected chi connectivity index (χ0v) is 10.4. The molecule has 2 heterocycles. The molecule has 1 fully saturated rings. The van der Waals surface area contributed by atoms with Gasteiger partial charge < -0.3 is 10.6 Å². The van der Waals surface area contributed by atoms with Gasteiger partial charge in [-0.05, 0) is 37.0 Å². The molecular weight excluding hydrogens is 244 g/mol. The van der Waals surface area contributed by atoms with Gasteiger partial charge in [0.15, 0.2) is 0 Å². The van der Waals surface area contributed by atoms with Crippen molar-refractivity contribution >= 4 is 23.3 Å². The van der Waals surface area contributed by atoms with Crippen LogP contribution in [0.25, 0.3) is 0 Å². The normalized spacial score (nSPS) is 21.3. The SMILES string of the molecule is O=C1Nc2ccc(CCC3CCNC3=O)cc2C1=O. The Kier molecular flexibility index (Phi) is 2.81. The van der Waals surface area contributed by atoms with E-state index in [1.807, 2.05) is 6.07 Å². The quantitative estimate of drug-likeness (QED) is 0.791. The number of hydrogen-bond donors (Lipinski definition) is 2. The molecule has 2 aliphatic rings. The van der Waals surface area contributed by atoms with Gasteiger partial charge in [-0.25, -0.2) is 0 Å². The van der Waals surface area contributed by atoms with Gasteiger partial charge >= 0.3 is 0 Å². The molecule has 5 heteroatoms. The lowest BCUT2D eigenvalue weighted by molar-refractivity contribution is -0.122. The summed E-state index contributed by atoms with van der Waals surface area (Å²) in [6.45, 7) is 0.755. The largest absolute Gasteiger partial charge is 0.356 e. The molecule has 1 aromatic rings. The number of nitrogens with one attached hydrogen (secondary N) is 2. The highest BCUT2D eigenvalue weighted by molar-refractivity contribution is 6.51. The number of aryl methyl sites for hydroxylation is 1. The third-order valence-corrected chi connectivity index (χ3v) is 3.73. The van der Waals surface area contributed by atoms with Gasteiger partial charge in [0.2, 0.25) is 5.91 Å². The monoisotopic (exact) mass is 258 g/mol. The molecule has 2 amide bonds. The molecule has 2 aliphatic heterocycles. The second kappa shape index (κ2) is 4.50. The Bertz CT molecular complexity index is 580. The summed E-state index contributed by atoms with van der Waals surface area (Å²) in [7, 11) is 0. The van der Waals surface area contributed by atoms with Gasteiger partial charge in [-0.1, -0.05) is 6.07 Å². The lowest BCUT2D eigenvalue weighted by atomic mass is 9.97. The van der Waals surface area contributed by atoms with Gasteiger partial charge in [-0.2, -0.15) is 0 Å². The molecule has 0 aromatic heterocycles. The van der Waals surface area contributed by atoms with Gasteiger partial charge in [0.1, 0.15) is 0 Å². The first-order chi connectivity index (χ1) is 9.15. The van der Waals surface area contributed by atoms with E-state index in [9.17, 15) is 14.4 Å². The van der Waals surface area contributed by atoms with Crippen LogP contribution in [0.1, 0.15) is 28.8 Å². The molecule has 2 N–H and O–H groups in total.